The maximum atomic E-state index is 10.9. The fourth-order valence-corrected chi connectivity index (χ4v) is 1.01. The Labute approximate surface area is 75.8 Å². The first-order chi connectivity index (χ1) is 6.09. The minimum Gasteiger partial charge on any atom is -0.329 e. The Morgan fingerprint density at radius 2 is 2.38 bits per heavy atom. The lowest BCUT2D eigenvalue weighted by molar-refractivity contribution is -0.118. The molecule has 13 heavy (non-hydrogen) atoms. The monoisotopic (exact) mass is 180 g/mol. The molecule has 3 N–H and O–H groups in total. The van der Waals surface area contributed by atoms with E-state index in [0.717, 1.165) is 5.56 Å². The minimum atomic E-state index is -0.512. The van der Waals surface area contributed by atoms with Crippen molar-refractivity contribution in [2.75, 3.05) is 0 Å². The van der Waals surface area contributed by atoms with Crippen LogP contribution in [0.4, 0.5) is 0 Å². The van der Waals surface area contributed by atoms with Gasteiger partial charge in [-0.3, -0.25) is 9.59 Å². The van der Waals surface area contributed by atoms with Crippen molar-refractivity contribution in [1.82, 2.24) is 4.98 Å². The molecule has 4 nitrogen and oxygen atoms in total. The highest BCUT2D eigenvalue weighted by Gasteiger charge is 2.08. The van der Waals surface area contributed by atoms with Crippen LogP contribution in [-0.4, -0.2) is 16.8 Å². The van der Waals surface area contributed by atoms with Gasteiger partial charge in [-0.25, -0.2) is 0 Å². The van der Waals surface area contributed by atoms with Crippen molar-refractivity contribution in [3.63, 3.8) is 0 Å². The molecule has 0 saturated carbocycles. The van der Waals surface area contributed by atoms with Crippen LogP contribution in [0.3, 0.4) is 0 Å². The Balaban J connectivity index is 2.75. The fourth-order valence-electron chi connectivity index (χ4n) is 1.01. The largest absolute Gasteiger partial charge is 0.329 e. The molecule has 1 aromatic heterocycles. The molecule has 0 fully saturated rings. The predicted octanol–water partition coefficient (Wildman–Crippen LogP) is -0.166. The maximum absolute atomic E-state index is 10.9. The summed E-state index contributed by atoms with van der Waals surface area (Å²) in [7, 11) is 0. The standard InChI is InChI=1S/C9H12N2O2/c1-6(12)8(10)4-7-2-3-11-9(13)5-7/h2-3,5,8H,4,10H2,1H3,(H,11,13)/t8-/m0/s1. The smallest absolute Gasteiger partial charge is 0.248 e. The second kappa shape index (κ2) is 4.00. The number of pyridine rings is 1. The van der Waals surface area contributed by atoms with E-state index in [9.17, 15) is 9.59 Å². The highest BCUT2D eigenvalue weighted by Crippen LogP contribution is 1.98. The van der Waals surface area contributed by atoms with Gasteiger partial charge in [0, 0.05) is 12.3 Å². The predicted molar refractivity (Wildman–Crippen MR) is 49.4 cm³/mol. The number of hydrogen-bond acceptors (Lipinski definition) is 3. The van der Waals surface area contributed by atoms with Crippen molar-refractivity contribution in [2.45, 2.75) is 19.4 Å². The molecule has 1 rings (SSSR count). The molecule has 1 aromatic rings. The summed E-state index contributed by atoms with van der Waals surface area (Å²) in [6.45, 7) is 1.44. The van der Waals surface area contributed by atoms with E-state index < -0.39 is 6.04 Å². The van der Waals surface area contributed by atoms with Crippen LogP contribution in [0.15, 0.2) is 23.1 Å². The molecule has 0 aliphatic heterocycles. The zero-order chi connectivity index (χ0) is 9.84. The number of H-pyrrole nitrogens is 1. The van der Waals surface area contributed by atoms with Crippen LogP contribution in [0.25, 0.3) is 0 Å². The SMILES string of the molecule is CC(=O)[C@@H](N)Cc1cc[nH]c(=O)c1. The number of nitrogens with two attached hydrogens (primary N) is 1. The zero-order valence-corrected chi connectivity index (χ0v) is 7.41. The Bertz CT molecular complexity index is 357. The second-order valence-corrected chi connectivity index (χ2v) is 2.98. The van der Waals surface area contributed by atoms with Crippen molar-refractivity contribution in [3.05, 3.63) is 34.2 Å². The number of ketones is 1. The molecule has 0 unspecified atom stereocenters. The van der Waals surface area contributed by atoms with Gasteiger partial charge in [0.15, 0.2) is 0 Å². The third-order valence-electron chi connectivity index (χ3n) is 1.82. The average Bonchev–Trinajstić information content (AvgIpc) is 2.04. The van der Waals surface area contributed by atoms with Crippen LogP contribution in [0.1, 0.15) is 12.5 Å². The maximum Gasteiger partial charge on any atom is 0.248 e. The van der Waals surface area contributed by atoms with Gasteiger partial charge in [-0.2, -0.15) is 0 Å². The van der Waals surface area contributed by atoms with Gasteiger partial charge in [0.2, 0.25) is 5.56 Å². The molecular weight excluding hydrogens is 168 g/mol. The van der Waals surface area contributed by atoms with Crippen molar-refractivity contribution in [3.8, 4) is 0 Å². The van der Waals surface area contributed by atoms with Crippen LogP contribution in [0.2, 0.25) is 0 Å². The minimum absolute atomic E-state index is 0.0692. The summed E-state index contributed by atoms with van der Waals surface area (Å²) in [5.74, 6) is -0.0692. The van der Waals surface area contributed by atoms with Crippen molar-refractivity contribution >= 4 is 5.78 Å². The summed E-state index contributed by atoms with van der Waals surface area (Å²) in [6.07, 6.45) is 1.96. The molecule has 1 atom stereocenters. The Morgan fingerprint density at radius 3 is 2.92 bits per heavy atom. The van der Waals surface area contributed by atoms with Crippen LogP contribution in [0, 0.1) is 0 Å². The number of Topliss-reactive ketones (excluding diaryl/α,β-unsaturated/α-hetero) is 1. The van der Waals surface area contributed by atoms with E-state index >= 15 is 0 Å². The normalized spacial score (nSPS) is 12.5. The Kier molecular flexibility index (Phi) is 2.97. The van der Waals surface area contributed by atoms with Crippen molar-refractivity contribution in [2.24, 2.45) is 5.73 Å². The van der Waals surface area contributed by atoms with Crippen LogP contribution < -0.4 is 11.3 Å². The number of rotatable bonds is 3. The highest BCUT2D eigenvalue weighted by molar-refractivity contribution is 5.81. The van der Waals surface area contributed by atoms with Gasteiger partial charge < -0.3 is 10.7 Å². The molecule has 0 aromatic carbocycles. The summed E-state index contributed by atoms with van der Waals surface area (Å²) in [6, 6.07) is 2.68. The lowest BCUT2D eigenvalue weighted by Gasteiger charge is -2.06. The summed E-state index contributed by atoms with van der Waals surface area (Å²) < 4.78 is 0. The van der Waals surface area contributed by atoms with Gasteiger partial charge in [0.25, 0.3) is 0 Å². The number of carbonyl (C=O) groups excluding carboxylic acids is 1. The van der Waals surface area contributed by atoms with Gasteiger partial charge in [0.1, 0.15) is 5.78 Å². The number of aromatic amines is 1. The van der Waals surface area contributed by atoms with Crippen molar-refractivity contribution in [1.29, 1.82) is 0 Å². The molecule has 1 heterocycles. The fraction of sp³-hybridized carbons (Fsp3) is 0.333. The van der Waals surface area contributed by atoms with Gasteiger partial charge in [0.05, 0.1) is 6.04 Å². The third-order valence-corrected chi connectivity index (χ3v) is 1.82. The second-order valence-electron chi connectivity index (χ2n) is 2.98. The van der Waals surface area contributed by atoms with Gasteiger partial charge >= 0.3 is 0 Å². The van der Waals surface area contributed by atoms with Crippen molar-refractivity contribution < 1.29 is 4.79 Å². The van der Waals surface area contributed by atoms with E-state index in [1.807, 2.05) is 0 Å². The number of nitrogens with one attached hydrogen (secondary N) is 1. The third kappa shape index (κ3) is 2.83. The first-order valence-corrected chi connectivity index (χ1v) is 4.03. The van der Waals surface area contributed by atoms with E-state index in [1.54, 1.807) is 12.3 Å². The van der Waals surface area contributed by atoms with Gasteiger partial charge in [-0.05, 0) is 25.0 Å². The molecule has 4 heteroatoms. The molecule has 0 radical (unpaired) electrons. The molecule has 0 aliphatic rings. The molecule has 0 amide bonds. The molecule has 0 bridgehead atoms. The van der Waals surface area contributed by atoms with E-state index in [2.05, 4.69) is 4.98 Å². The summed E-state index contributed by atoms with van der Waals surface area (Å²) in [5.41, 5.74) is 6.15. The zero-order valence-electron chi connectivity index (χ0n) is 7.41. The Morgan fingerprint density at radius 1 is 1.69 bits per heavy atom. The molecule has 0 spiro atoms. The van der Waals surface area contributed by atoms with E-state index in [-0.39, 0.29) is 11.3 Å². The molecule has 0 aliphatic carbocycles. The van der Waals surface area contributed by atoms with E-state index in [4.69, 9.17) is 5.73 Å². The Hall–Kier alpha value is -1.42. The number of carbonyl (C=O) groups is 1. The summed E-state index contributed by atoms with van der Waals surface area (Å²) >= 11 is 0. The first kappa shape index (κ1) is 9.67. The van der Waals surface area contributed by atoms with Crippen LogP contribution in [-0.2, 0) is 11.2 Å². The first-order valence-electron chi connectivity index (χ1n) is 4.03. The van der Waals surface area contributed by atoms with Gasteiger partial charge in [-0.1, -0.05) is 0 Å². The van der Waals surface area contributed by atoms with E-state index in [0.29, 0.717) is 6.42 Å². The van der Waals surface area contributed by atoms with Crippen LogP contribution in [0.5, 0.6) is 0 Å². The quantitative estimate of drug-likeness (QED) is 0.678. The molecule has 0 saturated heterocycles. The van der Waals surface area contributed by atoms with E-state index in [1.165, 1.54) is 13.0 Å². The topological polar surface area (TPSA) is 76.0 Å². The number of hydrogen-bond donors (Lipinski definition) is 2. The average molecular weight is 180 g/mol. The number of aromatic nitrogens is 1. The highest BCUT2D eigenvalue weighted by atomic mass is 16.1. The van der Waals surface area contributed by atoms with Gasteiger partial charge in [-0.15, -0.1) is 0 Å². The van der Waals surface area contributed by atoms with Crippen LogP contribution >= 0.6 is 0 Å². The summed E-state index contributed by atoms with van der Waals surface area (Å²) in [4.78, 5) is 24.2. The molecule has 70 valence electrons. The lowest BCUT2D eigenvalue weighted by Crippen LogP contribution is -2.30. The summed E-state index contributed by atoms with van der Waals surface area (Å²) in [5, 5.41) is 0. The lowest BCUT2D eigenvalue weighted by atomic mass is 10.1. The molecular formula is C9H12N2O2.